The summed E-state index contributed by atoms with van der Waals surface area (Å²) in [5.74, 6) is 0. The van der Waals surface area contributed by atoms with E-state index in [1.807, 2.05) is 20.8 Å². The molecular weight excluding hydrogens is 196 g/mol. The number of hydrogen-bond acceptors (Lipinski definition) is 2. The van der Waals surface area contributed by atoms with E-state index in [-0.39, 0.29) is 5.25 Å². The standard InChI is InChI=1S/C11H22O2S/c1-11(2,3)14(12,13)10-8-6-4-5-7-9-10/h10H,4-9H2,1-3H3. The van der Waals surface area contributed by atoms with Gasteiger partial charge in [0, 0.05) is 0 Å². The van der Waals surface area contributed by atoms with E-state index in [1.54, 1.807) is 0 Å². The molecule has 0 saturated heterocycles. The number of hydrogen-bond donors (Lipinski definition) is 0. The van der Waals surface area contributed by atoms with Crippen LogP contribution in [0.15, 0.2) is 0 Å². The molecular formula is C11H22O2S. The SMILES string of the molecule is CC(C)(C)S(=O)(=O)C1CCCCCC1. The molecule has 0 bridgehead atoms. The van der Waals surface area contributed by atoms with E-state index < -0.39 is 14.6 Å². The molecule has 1 saturated carbocycles. The molecule has 2 nitrogen and oxygen atoms in total. The van der Waals surface area contributed by atoms with Crippen molar-refractivity contribution in [3.63, 3.8) is 0 Å². The number of sulfone groups is 1. The quantitative estimate of drug-likeness (QED) is 0.634. The summed E-state index contributed by atoms with van der Waals surface area (Å²) in [5, 5.41) is -0.0787. The van der Waals surface area contributed by atoms with Crippen LogP contribution in [-0.4, -0.2) is 18.4 Å². The second-order valence-electron chi connectivity index (χ2n) is 5.27. The Labute approximate surface area is 88.0 Å². The van der Waals surface area contributed by atoms with E-state index in [1.165, 1.54) is 12.8 Å². The Morgan fingerprint density at radius 2 is 1.36 bits per heavy atom. The Bertz CT molecular complexity index is 264. The lowest BCUT2D eigenvalue weighted by atomic mass is 10.2. The molecule has 0 spiro atoms. The van der Waals surface area contributed by atoms with E-state index >= 15 is 0 Å². The predicted octanol–water partition coefficient (Wildman–Crippen LogP) is 2.92. The molecule has 0 aromatic carbocycles. The first-order valence-electron chi connectivity index (χ1n) is 5.59. The van der Waals surface area contributed by atoms with Gasteiger partial charge in [0.1, 0.15) is 0 Å². The highest BCUT2D eigenvalue weighted by Gasteiger charge is 2.36. The zero-order valence-corrected chi connectivity index (χ0v) is 10.4. The zero-order valence-electron chi connectivity index (χ0n) is 9.54. The number of rotatable bonds is 1. The Morgan fingerprint density at radius 3 is 1.71 bits per heavy atom. The van der Waals surface area contributed by atoms with Crippen molar-refractivity contribution in [2.24, 2.45) is 0 Å². The van der Waals surface area contributed by atoms with Gasteiger partial charge in [0.05, 0.1) is 10.00 Å². The maximum Gasteiger partial charge on any atom is 0.158 e. The Kier molecular flexibility index (Phi) is 3.62. The van der Waals surface area contributed by atoms with Crippen molar-refractivity contribution >= 4 is 9.84 Å². The van der Waals surface area contributed by atoms with Crippen LogP contribution in [0.4, 0.5) is 0 Å². The van der Waals surface area contributed by atoms with Crippen molar-refractivity contribution in [1.82, 2.24) is 0 Å². The molecule has 0 atom stereocenters. The largest absolute Gasteiger partial charge is 0.228 e. The van der Waals surface area contributed by atoms with Crippen LogP contribution in [0.25, 0.3) is 0 Å². The van der Waals surface area contributed by atoms with Gasteiger partial charge < -0.3 is 0 Å². The molecule has 0 amide bonds. The van der Waals surface area contributed by atoms with E-state index in [4.69, 9.17) is 0 Å². The van der Waals surface area contributed by atoms with Gasteiger partial charge in [-0.1, -0.05) is 25.7 Å². The first-order valence-corrected chi connectivity index (χ1v) is 7.14. The lowest BCUT2D eigenvalue weighted by Gasteiger charge is -2.25. The molecule has 14 heavy (non-hydrogen) atoms. The summed E-state index contributed by atoms with van der Waals surface area (Å²) in [6.45, 7) is 5.44. The highest BCUT2D eigenvalue weighted by molar-refractivity contribution is 7.93. The van der Waals surface area contributed by atoms with E-state index in [9.17, 15) is 8.42 Å². The normalized spacial score (nSPS) is 21.9. The molecule has 84 valence electrons. The second-order valence-corrected chi connectivity index (χ2v) is 8.25. The van der Waals surface area contributed by atoms with Crippen LogP contribution in [-0.2, 0) is 9.84 Å². The zero-order chi connectivity index (χ0) is 10.8. The first kappa shape index (κ1) is 12.0. The van der Waals surface area contributed by atoms with Crippen LogP contribution in [0.3, 0.4) is 0 Å². The van der Waals surface area contributed by atoms with Crippen molar-refractivity contribution in [3.8, 4) is 0 Å². The third-order valence-electron chi connectivity index (χ3n) is 3.09. The molecule has 0 aromatic rings. The summed E-state index contributed by atoms with van der Waals surface area (Å²) in [6.07, 6.45) is 6.32. The molecule has 0 radical (unpaired) electrons. The van der Waals surface area contributed by atoms with Crippen LogP contribution in [0.5, 0.6) is 0 Å². The van der Waals surface area contributed by atoms with Gasteiger partial charge in [0.2, 0.25) is 0 Å². The topological polar surface area (TPSA) is 34.1 Å². The summed E-state index contributed by atoms with van der Waals surface area (Å²) in [5.41, 5.74) is 0. The van der Waals surface area contributed by atoms with Crippen molar-refractivity contribution in [1.29, 1.82) is 0 Å². The molecule has 0 aliphatic heterocycles. The van der Waals surface area contributed by atoms with Crippen molar-refractivity contribution in [3.05, 3.63) is 0 Å². The van der Waals surface area contributed by atoms with Crippen LogP contribution in [0.2, 0.25) is 0 Å². The minimum atomic E-state index is -2.92. The molecule has 0 aromatic heterocycles. The van der Waals surface area contributed by atoms with Crippen molar-refractivity contribution < 1.29 is 8.42 Å². The van der Waals surface area contributed by atoms with Gasteiger partial charge in [-0.2, -0.15) is 0 Å². The third kappa shape index (κ3) is 2.50. The molecule has 1 aliphatic carbocycles. The molecule has 1 rings (SSSR count). The van der Waals surface area contributed by atoms with Gasteiger partial charge in [0.25, 0.3) is 0 Å². The van der Waals surface area contributed by atoms with E-state index in [2.05, 4.69) is 0 Å². The lowest BCUT2D eigenvalue weighted by molar-refractivity contribution is 0.529. The van der Waals surface area contributed by atoms with Gasteiger partial charge in [-0.05, 0) is 33.6 Å². The highest BCUT2D eigenvalue weighted by Crippen LogP contribution is 2.29. The maximum atomic E-state index is 12.2. The summed E-state index contributed by atoms with van der Waals surface area (Å²) >= 11 is 0. The first-order chi connectivity index (χ1) is 6.36. The van der Waals surface area contributed by atoms with Gasteiger partial charge in [-0.3, -0.25) is 0 Å². The third-order valence-corrected chi connectivity index (χ3v) is 6.15. The average molecular weight is 218 g/mol. The van der Waals surface area contributed by atoms with Crippen molar-refractivity contribution in [2.45, 2.75) is 69.3 Å². The van der Waals surface area contributed by atoms with Gasteiger partial charge in [-0.15, -0.1) is 0 Å². The minimum Gasteiger partial charge on any atom is -0.228 e. The summed E-state index contributed by atoms with van der Waals surface area (Å²) in [7, 11) is -2.92. The minimum absolute atomic E-state index is 0.0787. The van der Waals surface area contributed by atoms with Gasteiger partial charge >= 0.3 is 0 Å². The summed E-state index contributed by atoms with van der Waals surface area (Å²) in [6, 6.07) is 0. The van der Waals surface area contributed by atoms with Gasteiger partial charge in [-0.25, -0.2) is 8.42 Å². The predicted molar refractivity (Wildman–Crippen MR) is 60.2 cm³/mol. The fraction of sp³-hybridized carbons (Fsp3) is 1.00. The fourth-order valence-corrected chi connectivity index (χ4v) is 4.01. The Hall–Kier alpha value is -0.0500. The molecule has 3 heteroatoms. The lowest BCUT2D eigenvalue weighted by Crippen LogP contribution is -2.37. The fourth-order valence-electron chi connectivity index (χ4n) is 2.05. The van der Waals surface area contributed by atoms with Gasteiger partial charge in [0.15, 0.2) is 9.84 Å². The molecule has 1 aliphatic rings. The Morgan fingerprint density at radius 1 is 0.929 bits per heavy atom. The molecule has 0 heterocycles. The highest BCUT2D eigenvalue weighted by atomic mass is 32.2. The molecule has 0 unspecified atom stereocenters. The molecule has 1 fully saturated rings. The monoisotopic (exact) mass is 218 g/mol. The van der Waals surface area contributed by atoms with E-state index in [0.29, 0.717) is 0 Å². The van der Waals surface area contributed by atoms with Crippen LogP contribution < -0.4 is 0 Å². The smallest absolute Gasteiger partial charge is 0.158 e. The maximum absolute atomic E-state index is 12.2. The van der Waals surface area contributed by atoms with Crippen molar-refractivity contribution in [2.75, 3.05) is 0 Å². The average Bonchev–Trinajstić information content (AvgIpc) is 2.29. The second kappa shape index (κ2) is 4.21. The van der Waals surface area contributed by atoms with E-state index in [0.717, 1.165) is 25.7 Å². The van der Waals surface area contributed by atoms with Crippen LogP contribution in [0.1, 0.15) is 59.3 Å². The van der Waals surface area contributed by atoms with Crippen LogP contribution >= 0.6 is 0 Å². The molecule has 0 N–H and O–H groups in total. The van der Waals surface area contributed by atoms with Crippen LogP contribution in [0, 0.1) is 0 Å². The summed E-state index contributed by atoms with van der Waals surface area (Å²) < 4.78 is 23.7. The summed E-state index contributed by atoms with van der Waals surface area (Å²) in [4.78, 5) is 0. The Balaban J connectivity index is 2.81.